The first-order valence-electron chi connectivity index (χ1n) is 5.71. The minimum Gasteiger partial charge on any atom is -0.463 e. The van der Waals surface area contributed by atoms with Crippen molar-refractivity contribution in [2.45, 2.75) is 19.5 Å². The predicted molar refractivity (Wildman–Crippen MR) is 63.2 cm³/mol. The highest BCUT2D eigenvalue weighted by Crippen LogP contribution is 2.30. The average Bonchev–Trinajstić information content (AvgIpc) is 2.91. The number of hydrogen-bond donors (Lipinski definition) is 0. The van der Waals surface area contributed by atoms with Crippen LogP contribution in [0.1, 0.15) is 18.7 Å². The SMILES string of the molecule is CC1c2ccc(-c3ccco3)n2CCN1C. The second kappa shape index (κ2) is 3.52. The number of likely N-dealkylation sites (N-methyl/N-ethyl adjacent to an activating group) is 1. The lowest BCUT2D eigenvalue weighted by Crippen LogP contribution is -2.33. The quantitative estimate of drug-likeness (QED) is 0.731. The van der Waals surface area contributed by atoms with Gasteiger partial charge in [0.25, 0.3) is 0 Å². The fourth-order valence-corrected chi connectivity index (χ4v) is 2.41. The Balaban J connectivity index is 2.08. The maximum atomic E-state index is 5.47. The summed E-state index contributed by atoms with van der Waals surface area (Å²) in [4.78, 5) is 2.38. The molecule has 2 aromatic heterocycles. The van der Waals surface area contributed by atoms with Crippen LogP contribution in [0.2, 0.25) is 0 Å². The maximum Gasteiger partial charge on any atom is 0.150 e. The van der Waals surface area contributed by atoms with Crippen molar-refractivity contribution < 1.29 is 4.42 Å². The number of hydrogen-bond acceptors (Lipinski definition) is 2. The van der Waals surface area contributed by atoms with Crippen molar-refractivity contribution in [3.05, 3.63) is 36.2 Å². The third-order valence-corrected chi connectivity index (χ3v) is 3.55. The maximum absolute atomic E-state index is 5.47. The van der Waals surface area contributed by atoms with E-state index in [4.69, 9.17) is 4.42 Å². The Morgan fingerprint density at radius 1 is 1.25 bits per heavy atom. The number of aromatic nitrogens is 1. The van der Waals surface area contributed by atoms with Crippen LogP contribution in [-0.4, -0.2) is 23.1 Å². The zero-order chi connectivity index (χ0) is 11.1. The monoisotopic (exact) mass is 216 g/mol. The van der Waals surface area contributed by atoms with Crippen molar-refractivity contribution in [3.8, 4) is 11.5 Å². The number of rotatable bonds is 1. The zero-order valence-corrected chi connectivity index (χ0v) is 9.68. The molecular weight excluding hydrogens is 200 g/mol. The predicted octanol–water partition coefficient (Wildman–Crippen LogP) is 2.75. The minimum atomic E-state index is 0.484. The Labute approximate surface area is 95.3 Å². The first-order chi connectivity index (χ1) is 7.77. The molecule has 0 N–H and O–H groups in total. The summed E-state index contributed by atoms with van der Waals surface area (Å²) in [5.74, 6) is 0.961. The van der Waals surface area contributed by atoms with Crippen LogP contribution < -0.4 is 0 Å². The van der Waals surface area contributed by atoms with Crippen molar-refractivity contribution in [1.82, 2.24) is 9.47 Å². The van der Waals surface area contributed by atoms with Crippen LogP contribution in [0.4, 0.5) is 0 Å². The van der Waals surface area contributed by atoms with E-state index in [0.717, 1.165) is 18.8 Å². The first-order valence-corrected chi connectivity index (χ1v) is 5.71. The summed E-state index contributed by atoms with van der Waals surface area (Å²) in [7, 11) is 2.17. The fraction of sp³-hybridized carbons (Fsp3) is 0.385. The molecule has 0 spiro atoms. The van der Waals surface area contributed by atoms with Gasteiger partial charge in [0.1, 0.15) is 5.76 Å². The smallest absolute Gasteiger partial charge is 0.150 e. The van der Waals surface area contributed by atoms with Gasteiger partial charge in [0, 0.05) is 24.8 Å². The van der Waals surface area contributed by atoms with E-state index in [1.54, 1.807) is 6.26 Å². The average molecular weight is 216 g/mol. The van der Waals surface area contributed by atoms with Gasteiger partial charge in [-0.1, -0.05) is 0 Å². The van der Waals surface area contributed by atoms with E-state index in [0.29, 0.717) is 6.04 Å². The van der Waals surface area contributed by atoms with Crippen molar-refractivity contribution >= 4 is 0 Å². The molecule has 1 aliphatic rings. The van der Waals surface area contributed by atoms with Gasteiger partial charge in [-0.15, -0.1) is 0 Å². The Morgan fingerprint density at radius 2 is 2.12 bits per heavy atom. The highest BCUT2D eigenvalue weighted by atomic mass is 16.3. The van der Waals surface area contributed by atoms with E-state index in [-0.39, 0.29) is 0 Å². The van der Waals surface area contributed by atoms with E-state index < -0.39 is 0 Å². The molecule has 1 aliphatic heterocycles. The van der Waals surface area contributed by atoms with Crippen LogP contribution in [0.25, 0.3) is 11.5 Å². The molecule has 0 amide bonds. The van der Waals surface area contributed by atoms with E-state index in [2.05, 4.69) is 35.6 Å². The molecule has 2 aromatic rings. The van der Waals surface area contributed by atoms with Gasteiger partial charge in [0.05, 0.1) is 12.0 Å². The molecule has 0 aromatic carbocycles. The van der Waals surface area contributed by atoms with Crippen molar-refractivity contribution in [2.75, 3.05) is 13.6 Å². The van der Waals surface area contributed by atoms with Crippen LogP contribution in [0.3, 0.4) is 0 Å². The van der Waals surface area contributed by atoms with Crippen molar-refractivity contribution in [2.24, 2.45) is 0 Å². The van der Waals surface area contributed by atoms with Gasteiger partial charge in [-0.05, 0) is 38.2 Å². The van der Waals surface area contributed by atoms with Gasteiger partial charge < -0.3 is 8.98 Å². The third kappa shape index (κ3) is 1.32. The third-order valence-electron chi connectivity index (χ3n) is 3.55. The Kier molecular flexibility index (Phi) is 2.14. The Bertz CT molecular complexity index is 484. The van der Waals surface area contributed by atoms with Crippen molar-refractivity contribution in [1.29, 1.82) is 0 Å². The number of furan rings is 1. The molecule has 0 radical (unpaired) electrons. The van der Waals surface area contributed by atoms with Gasteiger partial charge in [-0.3, -0.25) is 4.90 Å². The lowest BCUT2D eigenvalue weighted by Gasteiger charge is -2.32. The highest BCUT2D eigenvalue weighted by molar-refractivity contribution is 5.54. The molecule has 0 aliphatic carbocycles. The molecule has 1 atom stereocenters. The Hall–Kier alpha value is -1.48. The topological polar surface area (TPSA) is 21.3 Å². The fourth-order valence-electron chi connectivity index (χ4n) is 2.41. The minimum absolute atomic E-state index is 0.484. The summed E-state index contributed by atoms with van der Waals surface area (Å²) in [6.07, 6.45) is 1.73. The molecule has 3 nitrogen and oxygen atoms in total. The number of fused-ring (bicyclic) bond motifs is 1. The normalized spacial score (nSPS) is 21.0. The molecule has 3 heterocycles. The molecule has 0 fully saturated rings. The van der Waals surface area contributed by atoms with E-state index in [1.165, 1.54) is 11.4 Å². The van der Waals surface area contributed by atoms with Gasteiger partial charge in [-0.25, -0.2) is 0 Å². The molecule has 0 bridgehead atoms. The van der Waals surface area contributed by atoms with Crippen LogP contribution >= 0.6 is 0 Å². The van der Waals surface area contributed by atoms with Gasteiger partial charge in [0.15, 0.2) is 0 Å². The molecule has 0 saturated heterocycles. The summed E-state index contributed by atoms with van der Waals surface area (Å²) in [5.41, 5.74) is 2.57. The zero-order valence-electron chi connectivity index (χ0n) is 9.68. The van der Waals surface area contributed by atoms with Crippen LogP contribution in [0.5, 0.6) is 0 Å². The van der Waals surface area contributed by atoms with E-state index in [1.807, 2.05) is 12.1 Å². The van der Waals surface area contributed by atoms with Crippen LogP contribution in [-0.2, 0) is 6.54 Å². The molecule has 0 saturated carbocycles. The summed E-state index contributed by atoms with van der Waals surface area (Å²) in [6, 6.07) is 8.80. The second-order valence-corrected chi connectivity index (χ2v) is 4.43. The second-order valence-electron chi connectivity index (χ2n) is 4.43. The van der Waals surface area contributed by atoms with Crippen LogP contribution in [0, 0.1) is 0 Å². The van der Waals surface area contributed by atoms with Crippen LogP contribution in [0.15, 0.2) is 34.9 Å². The largest absolute Gasteiger partial charge is 0.463 e. The number of nitrogens with zero attached hydrogens (tertiary/aromatic N) is 2. The Morgan fingerprint density at radius 3 is 2.88 bits per heavy atom. The van der Waals surface area contributed by atoms with E-state index >= 15 is 0 Å². The van der Waals surface area contributed by atoms with Gasteiger partial charge in [0.2, 0.25) is 0 Å². The lowest BCUT2D eigenvalue weighted by molar-refractivity contribution is 0.212. The van der Waals surface area contributed by atoms with E-state index in [9.17, 15) is 0 Å². The molecule has 3 heteroatoms. The molecular formula is C13H16N2O. The molecule has 3 rings (SSSR count). The summed E-state index contributed by atoms with van der Waals surface area (Å²) in [6.45, 7) is 4.38. The molecule has 16 heavy (non-hydrogen) atoms. The standard InChI is InChI=1S/C13H16N2O/c1-10-11-5-6-12(13-4-3-9-16-13)15(11)8-7-14(10)2/h3-6,9-10H,7-8H2,1-2H3. The highest BCUT2D eigenvalue weighted by Gasteiger charge is 2.23. The summed E-state index contributed by atoms with van der Waals surface area (Å²) >= 11 is 0. The molecule has 84 valence electrons. The van der Waals surface area contributed by atoms with Crippen molar-refractivity contribution in [3.63, 3.8) is 0 Å². The van der Waals surface area contributed by atoms with Gasteiger partial charge >= 0.3 is 0 Å². The lowest BCUT2D eigenvalue weighted by atomic mass is 10.2. The summed E-state index contributed by atoms with van der Waals surface area (Å²) in [5, 5.41) is 0. The summed E-state index contributed by atoms with van der Waals surface area (Å²) < 4.78 is 7.84. The van der Waals surface area contributed by atoms with Gasteiger partial charge in [-0.2, -0.15) is 0 Å². The molecule has 1 unspecified atom stereocenters. The first kappa shape index (κ1) is 9.73.